The van der Waals surface area contributed by atoms with Crippen molar-refractivity contribution in [2.24, 2.45) is 0 Å². The molecular formula is C13H14ClNO2S. The highest BCUT2D eigenvalue weighted by molar-refractivity contribution is 8.13. The van der Waals surface area contributed by atoms with Gasteiger partial charge in [-0.15, -0.1) is 0 Å². The van der Waals surface area contributed by atoms with Gasteiger partial charge in [0.1, 0.15) is 5.03 Å². The minimum Gasteiger partial charge on any atom is -0.348 e. The van der Waals surface area contributed by atoms with Gasteiger partial charge in [-0.1, -0.05) is 23.8 Å². The molecule has 0 aliphatic rings. The molecule has 1 aromatic carbocycles. The number of benzene rings is 1. The quantitative estimate of drug-likeness (QED) is 0.880. The molecular weight excluding hydrogens is 270 g/mol. The summed E-state index contributed by atoms with van der Waals surface area (Å²) in [6.07, 6.45) is 0.667. The number of hydrogen-bond donors (Lipinski definition) is 1. The number of H-pyrrole nitrogens is 1. The van der Waals surface area contributed by atoms with Crippen molar-refractivity contribution in [3.63, 3.8) is 0 Å². The van der Waals surface area contributed by atoms with Gasteiger partial charge in [-0.25, -0.2) is 8.42 Å². The van der Waals surface area contributed by atoms with Crippen molar-refractivity contribution < 1.29 is 8.42 Å². The Hall–Kier alpha value is -1.26. The molecule has 18 heavy (non-hydrogen) atoms. The van der Waals surface area contributed by atoms with Crippen LogP contribution in [0.5, 0.6) is 0 Å². The topological polar surface area (TPSA) is 49.9 Å². The second-order valence-corrected chi connectivity index (χ2v) is 6.93. The van der Waals surface area contributed by atoms with Crippen LogP contribution in [0.2, 0.25) is 0 Å². The maximum Gasteiger partial charge on any atom is 0.276 e. The van der Waals surface area contributed by atoms with Crippen molar-refractivity contribution in [2.45, 2.75) is 25.3 Å². The van der Waals surface area contributed by atoms with Gasteiger partial charge in [-0.3, -0.25) is 0 Å². The molecule has 0 spiro atoms. The van der Waals surface area contributed by atoms with Crippen LogP contribution in [0.1, 0.15) is 22.4 Å². The first-order chi connectivity index (χ1) is 8.36. The second-order valence-electron chi connectivity index (χ2n) is 4.39. The first-order valence-corrected chi connectivity index (χ1v) is 7.86. The molecule has 0 saturated heterocycles. The number of aromatic amines is 1. The van der Waals surface area contributed by atoms with Gasteiger partial charge in [0, 0.05) is 22.8 Å². The number of rotatable bonds is 3. The largest absolute Gasteiger partial charge is 0.348 e. The number of aryl methyl sites for hydroxylation is 2. The van der Waals surface area contributed by atoms with Crippen LogP contribution >= 0.6 is 10.7 Å². The molecule has 0 aliphatic heterocycles. The molecule has 0 amide bonds. The van der Waals surface area contributed by atoms with Gasteiger partial charge in [0.2, 0.25) is 0 Å². The Labute approximate surface area is 111 Å². The van der Waals surface area contributed by atoms with Gasteiger partial charge < -0.3 is 4.98 Å². The molecule has 2 aromatic rings. The maximum atomic E-state index is 11.2. The van der Waals surface area contributed by atoms with Crippen molar-refractivity contribution >= 4 is 19.7 Å². The highest BCUT2D eigenvalue weighted by Crippen LogP contribution is 2.18. The summed E-state index contributed by atoms with van der Waals surface area (Å²) in [5, 5.41) is 0.0458. The van der Waals surface area contributed by atoms with E-state index in [1.165, 1.54) is 22.8 Å². The highest BCUT2D eigenvalue weighted by atomic mass is 35.7. The van der Waals surface area contributed by atoms with E-state index in [9.17, 15) is 8.42 Å². The van der Waals surface area contributed by atoms with E-state index in [0.717, 1.165) is 5.69 Å². The smallest absolute Gasteiger partial charge is 0.276 e. The average Bonchev–Trinajstić information content (AvgIpc) is 2.71. The highest BCUT2D eigenvalue weighted by Gasteiger charge is 2.12. The summed E-state index contributed by atoms with van der Waals surface area (Å²) in [5.74, 6) is 0. The molecule has 0 radical (unpaired) electrons. The van der Waals surface area contributed by atoms with Crippen molar-refractivity contribution in [1.29, 1.82) is 0 Å². The van der Waals surface area contributed by atoms with Crippen LogP contribution in [0.3, 0.4) is 0 Å². The number of aromatic nitrogens is 1. The van der Waals surface area contributed by atoms with E-state index in [-0.39, 0.29) is 5.03 Å². The molecule has 0 atom stereocenters. The molecule has 0 unspecified atom stereocenters. The van der Waals surface area contributed by atoms with Crippen molar-refractivity contribution in [1.82, 2.24) is 4.98 Å². The average molecular weight is 284 g/mol. The van der Waals surface area contributed by atoms with E-state index >= 15 is 0 Å². The molecule has 0 fully saturated rings. The van der Waals surface area contributed by atoms with Crippen molar-refractivity contribution in [2.75, 3.05) is 0 Å². The van der Waals surface area contributed by atoms with E-state index in [2.05, 4.69) is 23.2 Å². The minimum absolute atomic E-state index is 0.0458. The third-order valence-corrected chi connectivity index (χ3v) is 4.13. The standard InChI is InChI=1S/C13H14ClNO2S/c1-9-3-4-10(2)11(7-9)8-12-5-6-13(15-12)18(14,16)17/h3-7,15H,8H2,1-2H3. The Morgan fingerprint density at radius 2 is 1.89 bits per heavy atom. The van der Waals surface area contributed by atoms with Gasteiger partial charge in [0.05, 0.1) is 0 Å². The first-order valence-electron chi connectivity index (χ1n) is 5.55. The summed E-state index contributed by atoms with van der Waals surface area (Å²) in [5.41, 5.74) is 4.39. The summed E-state index contributed by atoms with van der Waals surface area (Å²) in [6.45, 7) is 4.07. The summed E-state index contributed by atoms with van der Waals surface area (Å²) < 4.78 is 22.3. The number of halogens is 1. The Morgan fingerprint density at radius 3 is 2.50 bits per heavy atom. The number of nitrogens with one attached hydrogen (secondary N) is 1. The predicted octanol–water partition coefficient (Wildman–Crippen LogP) is 3.15. The van der Waals surface area contributed by atoms with Crippen molar-refractivity contribution in [3.05, 3.63) is 52.7 Å². The number of hydrogen-bond acceptors (Lipinski definition) is 2. The van der Waals surface area contributed by atoms with E-state index in [1.54, 1.807) is 6.07 Å². The van der Waals surface area contributed by atoms with Gasteiger partial charge in [0.25, 0.3) is 9.05 Å². The lowest BCUT2D eigenvalue weighted by atomic mass is 10.0. The fourth-order valence-electron chi connectivity index (χ4n) is 1.86. The lowest BCUT2D eigenvalue weighted by Crippen LogP contribution is -1.95. The lowest BCUT2D eigenvalue weighted by Gasteiger charge is -2.05. The second kappa shape index (κ2) is 4.78. The van der Waals surface area contributed by atoms with E-state index in [0.29, 0.717) is 6.42 Å². The maximum absolute atomic E-state index is 11.2. The summed E-state index contributed by atoms with van der Waals surface area (Å²) >= 11 is 0. The van der Waals surface area contributed by atoms with E-state index in [4.69, 9.17) is 10.7 Å². The van der Waals surface area contributed by atoms with Gasteiger partial charge in [-0.2, -0.15) is 0 Å². The van der Waals surface area contributed by atoms with Crippen LogP contribution in [0.4, 0.5) is 0 Å². The molecule has 0 aliphatic carbocycles. The molecule has 1 N–H and O–H groups in total. The summed E-state index contributed by atoms with van der Waals surface area (Å²) in [6, 6.07) is 9.46. The van der Waals surface area contributed by atoms with Crippen LogP contribution in [-0.2, 0) is 15.5 Å². The third kappa shape index (κ3) is 2.94. The van der Waals surface area contributed by atoms with E-state index in [1.807, 2.05) is 13.8 Å². The molecule has 2 rings (SSSR count). The molecule has 96 valence electrons. The zero-order valence-corrected chi connectivity index (χ0v) is 11.8. The fourth-order valence-corrected chi connectivity index (χ4v) is 2.61. The third-order valence-electron chi connectivity index (χ3n) is 2.87. The van der Waals surface area contributed by atoms with Gasteiger partial charge >= 0.3 is 0 Å². The van der Waals surface area contributed by atoms with Gasteiger partial charge in [0.15, 0.2) is 0 Å². The summed E-state index contributed by atoms with van der Waals surface area (Å²) in [4.78, 5) is 2.83. The van der Waals surface area contributed by atoms with Crippen LogP contribution < -0.4 is 0 Å². The first kappa shape index (κ1) is 13.2. The van der Waals surface area contributed by atoms with Crippen LogP contribution in [0, 0.1) is 13.8 Å². The molecule has 3 nitrogen and oxygen atoms in total. The van der Waals surface area contributed by atoms with Crippen LogP contribution in [0.15, 0.2) is 35.4 Å². The molecule has 1 heterocycles. The Morgan fingerprint density at radius 1 is 1.17 bits per heavy atom. The van der Waals surface area contributed by atoms with Crippen LogP contribution in [0.25, 0.3) is 0 Å². The SMILES string of the molecule is Cc1ccc(C)c(Cc2ccc(S(=O)(=O)Cl)[nH]2)c1. The molecule has 5 heteroatoms. The van der Waals surface area contributed by atoms with Crippen LogP contribution in [-0.4, -0.2) is 13.4 Å². The Kier molecular flexibility index (Phi) is 3.50. The van der Waals surface area contributed by atoms with Crippen molar-refractivity contribution in [3.8, 4) is 0 Å². The fraction of sp³-hybridized carbons (Fsp3) is 0.231. The van der Waals surface area contributed by atoms with E-state index < -0.39 is 9.05 Å². The molecule has 0 saturated carbocycles. The molecule has 0 bridgehead atoms. The lowest BCUT2D eigenvalue weighted by molar-refractivity contribution is 0.606. The zero-order valence-electron chi connectivity index (χ0n) is 10.2. The normalized spacial score (nSPS) is 11.7. The summed E-state index contributed by atoms with van der Waals surface area (Å²) in [7, 11) is 1.60. The monoisotopic (exact) mass is 283 g/mol. The minimum atomic E-state index is -3.68. The Bertz CT molecular complexity index is 674. The molecule has 1 aromatic heterocycles. The van der Waals surface area contributed by atoms with Gasteiger partial charge in [-0.05, 0) is 37.1 Å². The predicted molar refractivity (Wildman–Crippen MR) is 72.6 cm³/mol. The Balaban J connectivity index is 2.29. The zero-order chi connectivity index (χ0) is 13.3.